The van der Waals surface area contributed by atoms with Crippen LogP contribution < -0.4 is 19.1 Å². The average Bonchev–Trinajstić information content (AvgIpc) is 2.78. The van der Waals surface area contributed by atoms with E-state index >= 15 is 0 Å². The molecule has 1 aliphatic heterocycles. The van der Waals surface area contributed by atoms with Crippen LogP contribution in [-0.2, 0) is 24.8 Å². The second-order valence-electron chi connectivity index (χ2n) is 7.35. The van der Waals surface area contributed by atoms with Crippen LogP contribution in [0, 0.1) is 0 Å². The Hall–Kier alpha value is -3.57. The van der Waals surface area contributed by atoms with E-state index in [-0.39, 0.29) is 17.2 Å². The monoisotopic (exact) mass is 487 g/mol. The van der Waals surface area contributed by atoms with Crippen molar-refractivity contribution in [3.05, 3.63) is 78.9 Å². The zero-order valence-electron chi connectivity index (χ0n) is 17.5. The lowest BCUT2D eigenvalue weighted by atomic mass is 10.2. The maximum absolute atomic E-state index is 12.8. The van der Waals surface area contributed by atoms with Crippen molar-refractivity contribution in [2.45, 2.75) is 11.0 Å². The smallest absolute Gasteiger partial charge is 0.267 e. The Labute approximate surface area is 192 Å². The summed E-state index contributed by atoms with van der Waals surface area (Å²) in [6.45, 7) is -0.185. The highest BCUT2D eigenvalue weighted by molar-refractivity contribution is 7.92. The number of fused-ring (bicyclic) bond motifs is 1. The van der Waals surface area contributed by atoms with Gasteiger partial charge in [0.25, 0.3) is 15.9 Å². The van der Waals surface area contributed by atoms with Crippen LogP contribution in [0.5, 0.6) is 5.75 Å². The quantitative estimate of drug-likeness (QED) is 0.551. The molecule has 2 N–H and O–H groups in total. The number of benzene rings is 3. The minimum atomic E-state index is -3.80. The Balaban J connectivity index is 1.48. The van der Waals surface area contributed by atoms with Gasteiger partial charge in [-0.05, 0) is 48.5 Å². The molecule has 1 atom stereocenters. The van der Waals surface area contributed by atoms with Crippen molar-refractivity contribution in [2.24, 2.45) is 0 Å². The number of rotatable bonds is 6. The highest BCUT2D eigenvalue weighted by Gasteiger charge is 2.34. The molecule has 0 spiro atoms. The second kappa shape index (κ2) is 8.75. The molecule has 1 aliphatic rings. The molecule has 0 saturated heterocycles. The molecule has 0 radical (unpaired) electrons. The lowest BCUT2D eigenvalue weighted by molar-refractivity contribution is -0.122. The molecule has 0 aromatic heterocycles. The van der Waals surface area contributed by atoms with Gasteiger partial charge in [0.15, 0.2) is 6.10 Å². The van der Waals surface area contributed by atoms with E-state index in [4.69, 9.17) is 4.74 Å². The van der Waals surface area contributed by atoms with Crippen LogP contribution >= 0.6 is 0 Å². The molecule has 1 amide bonds. The Morgan fingerprint density at radius 1 is 0.879 bits per heavy atom. The van der Waals surface area contributed by atoms with E-state index in [0.717, 1.165) is 10.6 Å². The van der Waals surface area contributed by atoms with Gasteiger partial charge in [-0.25, -0.2) is 16.8 Å². The third kappa shape index (κ3) is 5.10. The minimum Gasteiger partial charge on any atom is -0.476 e. The van der Waals surface area contributed by atoms with Crippen molar-refractivity contribution >= 4 is 43.0 Å². The summed E-state index contributed by atoms with van der Waals surface area (Å²) < 4.78 is 58.8. The maximum atomic E-state index is 12.8. The third-order valence-corrected chi connectivity index (χ3v) is 7.43. The van der Waals surface area contributed by atoms with Gasteiger partial charge in [0.2, 0.25) is 10.0 Å². The molecule has 3 aromatic rings. The molecule has 4 rings (SSSR count). The first-order chi connectivity index (χ1) is 15.6. The lowest BCUT2D eigenvalue weighted by Crippen LogP contribution is -2.48. The van der Waals surface area contributed by atoms with Gasteiger partial charge in [0.05, 0.1) is 23.4 Å². The lowest BCUT2D eigenvalue weighted by Gasteiger charge is -2.33. The van der Waals surface area contributed by atoms with Gasteiger partial charge in [-0.15, -0.1) is 0 Å². The van der Waals surface area contributed by atoms with E-state index in [1.807, 2.05) is 0 Å². The third-order valence-electron chi connectivity index (χ3n) is 4.89. The van der Waals surface area contributed by atoms with Crippen LogP contribution in [0.1, 0.15) is 0 Å². The predicted molar refractivity (Wildman–Crippen MR) is 125 cm³/mol. The van der Waals surface area contributed by atoms with Crippen molar-refractivity contribution in [1.29, 1.82) is 0 Å². The topological polar surface area (TPSA) is 122 Å². The van der Waals surface area contributed by atoms with Gasteiger partial charge in [0, 0.05) is 11.4 Å². The number of nitrogens with one attached hydrogen (secondary N) is 2. The number of para-hydroxylation sites is 3. The summed E-state index contributed by atoms with van der Waals surface area (Å²) in [5.41, 5.74) is 1.14. The normalized spacial score (nSPS) is 15.8. The predicted octanol–water partition coefficient (Wildman–Crippen LogP) is 2.65. The highest BCUT2D eigenvalue weighted by Crippen LogP contribution is 2.34. The Morgan fingerprint density at radius 3 is 2.18 bits per heavy atom. The minimum absolute atomic E-state index is 0.0236. The van der Waals surface area contributed by atoms with E-state index in [0.29, 0.717) is 17.1 Å². The van der Waals surface area contributed by atoms with Crippen molar-refractivity contribution in [3.8, 4) is 5.75 Å². The Bertz CT molecular complexity index is 1380. The molecule has 0 fully saturated rings. The molecule has 172 valence electrons. The summed E-state index contributed by atoms with van der Waals surface area (Å²) in [5, 5.41) is 2.64. The van der Waals surface area contributed by atoms with Crippen molar-refractivity contribution in [2.75, 3.05) is 27.1 Å². The van der Waals surface area contributed by atoms with Gasteiger partial charge in [-0.2, -0.15) is 0 Å². The fourth-order valence-corrected chi connectivity index (χ4v) is 5.29. The summed E-state index contributed by atoms with van der Waals surface area (Å²) >= 11 is 0. The molecule has 0 bridgehead atoms. The number of sulfonamides is 2. The van der Waals surface area contributed by atoms with Crippen molar-refractivity contribution in [1.82, 2.24) is 0 Å². The number of ether oxygens (including phenoxy) is 1. The summed E-state index contributed by atoms with van der Waals surface area (Å²) in [4.78, 5) is 12.8. The molecule has 9 nitrogen and oxygen atoms in total. The fraction of sp³-hybridized carbons (Fsp3) is 0.136. The first-order valence-corrected chi connectivity index (χ1v) is 13.2. The molecular weight excluding hydrogens is 466 g/mol. The number of nitrogens with zero attached hydrogens (tertiary/aromatic N) is 1. The van der Waals surface area contributed by atoms with Gasteiger partial charge in [-0.3, -0.25) is 13.8 Å². The summed E-state index contributed by atoms with van der Waals surface area (Å²) in [6.07, 6.45) is -0.0232. The van der Waals surface area contributed by atoms with Crippen LogP contribution in [0.3, 0.4) is 0 Å². The molecule has 3 aromatic carbocycles. The average molecular weight is 488 g/mol. The highest BCUT2D eigenvalue weighted by atomic mass is 32.2. The van der Waals surface area contributed by atoms with E-state index in [1.165, 1.54) is 24.3 Å². The fourth-order valence-electron chi connectivity index (χ4n) is 3.31. The summed E-state index contributed by atoms with van der Waals surface area (Å²) in [6, 6.07) is 20.7. The summed E-state index contributed by atoms with van der Waals surface area (Å²) in [7, 11) is -7.42. The Morgan fingerprint density at radius 2 is 1.52 bits per heavy atom. The molecule has 33 heavy (non-hydrogen) atoms. The van der Waals surface area contributed by atoms with Crippen LogP contribution in [0.15, 0.2) is 83.8 Å². The Kier molecular flexibility index (Phi) is 6.00. The van der Waals surface area contributed by atoms with Crippen LogP contribution in [0.2, 0.25) is 0 Å². The van der Waals surface area contributed by atoms with E-state index < -0.39 is 32.1 Å². The maximum Gasteiger partial charge on any atom is 0.267 e. The number of amides is 1. The standard InChI is InChI=1S/C22H21N3O6S2/c1-32(27,28)25-15-21(31-20-10-6-5-9-19(20)25)22(26)23-16-11-13-18(14-12-16)33(29,30)24-17-7-3-2-4-8-17/h2-14,21,24H,15H2,1H3,(H,23,26). The van der Waals surface area contributed by atoms with Gasteiger partial charge >= 0.3 is 0 Å². The van der Waals surface area contributed by atoms with Crippen LogP contribution in [-0.4, -0.2) is 41.6 Å². The van der Waals surface area contributed by atoms with E-state index in [1.54, 1.807) is 54.6 Å². The van der Waals surface area contributed by atoms with Gasteiger partial charge in [-0.1, -0.05) is 30.3 Å². The number of anilines is 3. The zero-order chi connectivity index (χ0) is 23.6. The first kappa shape index (κ1) is 22.6. The zero-order valence-corrected chi connectivity index (χ0v) is 19.1. The molecule has 1 unspecified atom stereocenters. The van der Waals surface area contributed by atoms with E-state index in [2.05, 4.69) is 10.0 Å². The van der Waals surface area contributed by atoms with E-state index in [9.17, 15) is 21.6 Å². The molecule has 0 aliphatic carbocycles. The van der Waals surface area contributed by atoms with Crippen LogP contribution in [0.4, 0.5) is 17.1 Å². The first-order valence-electron chi connectivity index (χ1n) is 9.86. The number of hydrogen-bond acceptors (Lipinski definition) is 6. The SMILES string of the molecule is CS(=O)(=O)N1CC(C(=O)Nc2ccc(S(=O)(=O)Nc3ccccc3)cc2)Oc2ccccc21. The van der Waals surface area contributed by atoms with Gasteiger partial charge in [0.1, 0.15) is 5.75 Å². The molecule has 1 heterocycles. The van der Waals surface area contributed by atoms with Crippen LogP contribution in [0.25, 0.3) is 0 Å². The molecular formula is C22H21N3O6S2. The number of hydrogen-bond donors (Lipinski definition) is 2. The molecule has 0 saturated carbocycles. The van der Waals surface area contributed by atoms with Crippen molar-refractivity contribution < 1.29 is 26.4 Å². The number of carbonyl (C=O) groups is 1. The van der Waals surface area contributed by atoms with Crippen molar-refractivity contribution in [3.63, 3.8) is 0 Å². The molecule has 11 heteroatoms. The largest absolute Gasteiger partial charge is 0.476 e. The summed E-state index contributed by atoms with van der Waals surface area (Å²) in [5.74, 6) is -0.279. The second-order valence-corrected chi connectivity index (χ2v) is 10.9. The number of carbonyl (C=O) groups excluding carboxylic acids is 1. The van der Waals surface area contributed by atoms with Gasteiger partial charge < -0.3 is 10.1 Å².